The van der Waals surface area contributed by atoms with Crippen LogP contribution in [0.5, 0.6) is 6.01 Å². The maximum absolute atomic E-state index is 15.3. The van der Waals surface area contributed by atoms with Gasteiger partial charge in [-0.05, 0) is 48.4 Å². The number of aromatic nitrogens is 2. The second-order valence-corrected chi connectivity index (χ2v) is 10.2. The molecular formula is C29H36FN3O4S. The van der Waals surface area contributed by atoms with Crippen LogP contribution >= 0.6 is 12.6 Å². The summed E-state index contributed by atoms with van der Waals surface area (Å²) in [6, 6.07) is 11.5. The Bertz CT molecular complexity index is 1270. The van der Waals surface area contributed by atoms with Crippen LogP contribution in [-0.2, 0) is 24.3 Å². The minimum Gasteiger partial charge on any atom is -0.478 e. The highest BCUT2D eigenvalue weighted by atomic mass is 32.1. The molecule has 0 bridgehead atoms. The average molecular weight is 542 g/mol. The summed E-state index contributed by atoms with van der Waals surface area (Å²) in [5, 5.41) is 12.1. The molecule has 0 saturated carbocycles. The second-order valence-electron chi connectivity index (χ2n) is 9.60. The van der Waals surface area contributed by atoms with Gasteiger partial charge in [-0.1, -0.05) is 58.0 Å². The first-order chi connectivity index (χ1) is 18.2. The van der Waals surface area contributed by atoms with Crippen molar-refractivity contribution in [1.29, 1.82) is 0 Å². The second kappa shape index (κ2) is 13.5. The van der Waals surface area contributed by atoms with Crippen molar-refractivity contribution in [2.24, 2.45) is 5.92 Å². The summed E-state index contributed by atoms with van der Waals surface area (Å²) in [5.41, 5.74) is 2.81. The number of carboxylic acids is 1. The van der Waals surface area contributed by atoms with E-state index in [2.05, 4.69) is 22.9 Å². The van der Waals surface area contributed by atoms with E-state index in [4.69, 9.17) is 4.74 Å². The number of thiol groups is 1. The van der Waals surface area contributed by atoms with E-state index in [1.165, 1.54) is 12.1 Å². The molecule has 0 aliphatic heterocycles. The molecule has 3 rings (SSSR count). The highest BCUT2D eigenvalue weighted by molar-refractivity contribution is 7.81. The molecule has 9 heteroatoms. The van der Waals surface area contributed by atoms with Gasteiger partial charge in [-0.25, -0.2) is 9.18 Å². The number of nitrogens with one attached hydrogen (secondary N) is 1. The quantitative estimate of drug-likeness (QED) is 0.240. The number of carbonyl (C=O) groups excluding carboxylic acids is 1. The number of hydrogen-bond acceptors (Lipinski definition) is 5. The first kappa shape index (κ1) is 29.2. The van der Waals surface area contributed by atoms with Gasteiger partial charge in [-0.15, -0.1) is 0 Å². The first-order valence-electron chi connectivity index (χ1n) is 12.9. The van der Waals surface area contributed by atoms with E-state index in [-0.39, 0.29) is 30.1 Å². The highest BCUT2D eigenvalue weighted by Crippen LogP contribution is 2.29. The van der Waals surface area contributed by atoms with Gasteiger partial charge in [0.2, 0.25) is 5.91 Å². The van der Waals surface area contributed by atoms with Crippen molar-refractivity contribution in [2.75, 3.05) is 6.61 Å². The van der Waals surface area contributed by atoms with Gasteiger partial charge in [-0.3, -0.25) is 9.36 Å². The lowest BCUT2D eigenvalue weighted by Crippen LogP contribution is -2.32. The molecule has 0 radical (unpaired) electrons. The van der Waals surface area contributed by atoms with Gasteiger partial charge >= 0.3 is 5.97 Å². The van der Waals surface area contributed by atoms with Crippen molar-refractivity contribution in [3.63, 3.8) is 0 Å². The standard InChI is InChI=1S/C29H36FN3O4S/c1-5-13-37-29-32-24(6-2)25(16-31-27(34)26(38)14-18(3)4)33(29)17-19-11-12-21(23(30)15-19)20-9-7-8-10-22(20)28(35)36/h7-12,15,18,26,38H,5-6,13-14,16-17H2,1-4H3,(H,31,34)(H,35,36). The van der Waals surface area contributed by atoms with E-state index in [0.717, 1.165) is 17.8 Å². The van der Waals surface area contributed by atoms with Crippen molar-refractivity contribution in [1.82, 2.24) is 14.9 Å². The molecular weight excluding hydrogens is 505 g/mol. The molecule has 38 heavy (non-hydrogen) atoms. The van der Waals surface area contributed by atoms with Crippen LogP contribution in [0.1, 0.15) is 67.8 Å². The lowest BCUT2D eigenvalue weighted by molar-refractivity contribution is -0.121. The highest BCUT2D eigenvalue weighted by Gasteiger charge is 2.21. The Hall–Kier alpha value is -3.33. The zero-order valence-corrected chi connectivity index (χ0v) is 23.2. The zero-order chi connectivity index (χ0) is 27.8. The summed E-state index contributed by atoms with van der Waals surface area (Å²) in [6.07, 6.45) is 2.09. The maximum atomic E-state index is 15.3. The summed E-state index contributed by atoms with van der Waals surface area (Å²) in [4.78, 5) is 28.9. The Labute approximate surface area is 228 Å². The minimum absolute atomic E-state index is 0.0367. The largest absolute Gasteiger partial charge is 0.478 e. The van der Waals surface area contributed by atoms with Crippen LogP contribution in [0, 0.1) is 11.7 Å². The Morgan fingerprint density at radius 3 is 2.53 bits per heavy atom. The average Bonchev–Trinajstić information content (AvgIpc) is 3.21. The molecule has 0 aliphatic rings. The molecule has 204 valence electrons. The molecule has 1 atom stereocenters. The number of carboxylic acid groups (broad SMARTS) is 1. The predicted octanol–water partition coefficient (Wildman–Crippen LogP) is 5.75. The molecule has 3 aromatic rings. The molecule has 0 saturated heterocycles. The number of carbonyl (C=O) groups is 2. The fourth-order valence-corrected chi connectivity index (χ4v) is 4.78. The summed E-state index contributed by atoms with van der Waals surface area (Å²) in [6.45, 7) is 9.05. The van der Waals surface area contributed by atoms with E-state index >= 15 is 4.39 Å². The summed E-state index contributed by atoms with van der Waals surface area (Å²) < 4.78 is 23.1. The van der Waals surface area contributed by atoms with E-state index in [0.29, 0.717) is 42.5 Å². The Morgan fingerprint density at radius 2 is 1.89 bits per heavy atom. The number of hydrogen-bond donors (Lipinski definition) is 3. The Morgan fingerprint density at radius 1 is 1.16 bits per heavy atom. The van der Waals surface area contributed by atoms with Gasteiger partial charge in [0.05, 0.1) is 41.9 Å². The first-order valence-corrected chi connectivity index (χ1v) is 13.5. The van der Waals surface area contributed by atoms with Gasteiger partial charge < -0.3 is 15.2 Å². The van der Waals surface area contributed by atoms with Gasteiger partial charge in [0.1, 0.15) is 5.82 Å². The molecule has 0 aliphatic carbocycles. The number of halogens is 1. The normalized spacial score (nSPS) is 12.0. The number of ether oxygens (including phenoxy) is 1. The number of aryl methyl sites for hydroxylation is 1. The molecule has 1 heterocycles. The lowest BCUT2D eigenvalue weighted by atomic mass is 9.98. The third-order valence-corrected chi connectivity index (χ3v) is 6.59. The molecule has 1 aromatic heterocycles. The van der Waals surface area contributed by atoms with Gasteiger partial charge in [0.25, 0.3) is 6.01 Å². The van der Waals surface area contributed by atoms with Crippen molar-refractivity contribution in [2.45, 2.75) is 65.3 Å². The van der Waals surface area contributed by atoms with Crippen LogP contribution in [0.15, 0.2) is 42.5 Å². The minimum atomic E-state index is -1.11. The fraction of sp³-hybridized carbons (Fsp3) is 0.414. The fourth-order valence-electron chi connectivity index (χ4n) is 4.26. The number of amides is 1. The van der Waals surface area contributed by atoms with E-state index < -0.39 is 17.0 Å². The zero-order valence-electron chi connectivity index (χ0n) is 22.3. The number of benzene rings is 2. The van der Waals surface area contributed by atoms with Crippen LogP contribution in [0.25, 0.3) is 11.1 Å². The monoisotopic (exact) mass is 541 g/mol. The number of rotatable bonds is 13. The number of aromatic carboxylic acids is 1. The van der Waals surface area contributed by atoms with Gasteiger partial charge in [0, 0.05) is 5.56 Å². The van der Waals surface area contributed by atoms with E-state index in [1.54, 1.807) is 30.3 Å². The maximum Gasteiger partial charge on any atom is 0.336 e. The SMILES string of the molecule is CCCOc1nc(CC)c(CNC(=O)C(S)CC(C)C)n1Cc1ccc(-c2ccccc2C(=O)O)c(F)c1. The van der Waals surface area contributed by atoms with Crippen LogP contribution in [0.2, 0.25) is 0 Å². The Kier molecular flexibility index (Phi) is 10.4. The van der Waals surface area contributed by atoms with Crippen LogP contribution in [-0.4, -0.2) is 38.4 Å². The third-order valence-electron chi connectivity index (χ3n) is 6.14. The summed E-state index contributed by atoms with van der Waals surface area (Å²) >= 11 is 4.45. The summed E-state index contributed by atoms with van der Waals surface area (Å²) in [7, 11) is 0. The van der Waals surface area contributed by atoms with Crippen LogP contribution in [0.3, 0.4) is 0 Å². The lowest BCUT2D eigenvalue weighted by Gasteiger charge is -2.16. The van der Waals surface area contributed by atoms with Gasteiger partial charge in [-0.2, -0.15) is 17.6 Å². The third kappa shape index (κ3) is 7.16. The van der Waals surface area contributed by atoms with E-state index in [9.17, 15) is 14.7 Å². The van der Waals surface area contributed by atoms with Crippen molar-refractivity contribution < 1.29 is 23.8 Å². The molecule has 7 nitrogen and oxygen atoms in total. The van der Waals surface area contributed by atoms with Crippen LogP contribution < -0.4 is 10.1 Å². The molecule has 1 amide bonds. The predicted molar refractivity (Wildman–Crippen MR) is 149 cm³/mol. The Balaban J connectivity index is 1.93. The molecule has 1 unspecified atom stereocenters. The van der Waals surface area contributed by atoms with E-state index in [1.807, 2.05) is 32.3 Å². The van der Waals surface area contributed by atoms with Crippen molar-refractivity contribution in [3.05, 3.63) is 70.8 Å². The summed E-state index contributed by atoms with van der Waals surface area (Å²) in [5.74, 6) is -1.45. The topological polar surface area (TPSA) is 93.5 Å². The molecule has 2 N–H and O–H groups in total. The smallest absolute Gasteiger partial charge is 0.336 e. The molecule has 0 fully saturated rings. The molecule has 0 spiro atoms. The van der Waals surface area contributed by atoms with Gasteiger partial charge in [0.15, 0.2) is 0 Å². The van der Waals surface area contributed by atoms with Crippen molar-refractivity contribution in [3.8, 4) is 17.1 Å². The number of imidazole rings is 1. The number of nitrogens with zero attached hydrogens (tertiary/aromatic N) is 2. The molecule has 2 aromatic carbocycles. The van der Waals surface area contributed by atoms with Crippen LogP contribution in [0.4, 0.5) is 4.39 Å². The van der Waals surface area contributed by atoms with Crippen molar-refractivity contribution >= 4 is 24.5 Å².